The third-order valence-electron chi connectivity index (χ3n) is 4.29. The largest absolute Gasteiger partial charge is 0.350 e. The van der Waals surface area contributed by atoms with E-state index in [9.17, 15) is 9.59 Å². The maximum Gasteiger partial charge on any atom is 0.253 e. The van der Waals surface area contributed by atoms with Crippen molar-refractivity contribution in [2.75, 3.05) is 20.6 Å². The van der Waals surface area contributed by atoms with Crippen LogP contribution in [0.15, 0.2) is 48.5 Å². The van der Waals surface area contributed by atoms with Gasteiger partial charge in [0.25, 0.3) is 11.8 Å². The number of rotatable bonds is 6. The van der Waals surface area contributed by atoms with Crippen LogP contribution in [0, 0.1) is 0 Å². The number of nitrogens with two attached hydrogens (primary N) is 1. The van der Waals surface area contributed by atoms with Gasteiger partial charge < -0.3 is 16.0 Å². The Morgan fingerprint density at radius 1 is 1.00 bits per heavy atom. The van der Waals surface area contributed by atoms with E-state index in [1.165, 1.54) is 10.5 Å². The minimum Gasteiger partial charge on any atom is -0.350 e. The number of amides is 2. The van der Waals surface area contributed by atoms with Crippen LogP contribution in [0.5, 0.6) is 0 Å². The van der Waals surface area contributed by atoms with Crippen molar-refractivity contribution in [2.24, 2.45) is 5.73 Å². The van der Waals surface area contributed by atoms with Gasteiger partial charge in [-0.1, -0.05) is 44.2 Å². The number of nitrogens with one attached hydrogen (secondary N) is 1. The second-order valence-electron chi connectivity index (χ2n) is 6.92. The highest BCUT2D eigenvalue weighted by Crippen LogP contribution is 2.17. The molecule has 0 aliphatic carbocycles. The first-order chi connectivity index (χ1) is 12.3. The van der Waals surface area contributed by atoms with E-state index in [0.29, 0.717) is 23.6 Å². The first-order valence-corrected chi connectivity index (χ1v) is 8.75. The first-order valence-electron chi connectivity index (χ1n) is 8.75. The normalized spacial score (nSPS) is 11.9. The number of carbonyl (C=O) groups excluding carboxylic acids is 2. The summed E-state index contributed by atoms with van der Waals surface area (Å²) >= 11 is 0. The maximum absolute atomic E-state index is 12.4. The van der Waals surface area contributed by atoms with Crippen LogP contribution in [0.4, 0.5) is 0 Å². The molecule has 0 aliphatic rings. The fraction of sp³-hybridized carbons (Fsp3) is 0.333. The van der Waals surface area contributed by atoms with Gasteiger partial charge >= 0.3 is 0 Å². The van der Waals surface area contributed by atoms with Crippen molar-refractivity contribution in [1.29, 1.82) is 0 Å². The minimum atomic E-state index is -0.285. The van der Waals surface area contributed by atoms with Crippen LogP contribution < -0.4 is 11.1 Å². The number of carbonyl (C=O) groups is 2. The van der Waals surface area contributed by atoms with E-state index in [1.54, 1.807) is 38.4 Å². The van der Waals surface area contributed by atoms with Gasteiger partial charge in [-0.05, 0) is 35.2 Å². The predicted octanol–water partition coefficient (Wildman–Crippen LogP) is 2.94. The Hall–Kier alpha value is -2.66. The van der Waals surface area contributed by atoms with Gasteiger partial charge in [-0.25, -0.2) is 0 Å². The van der Waals surface area contributed by atoms with Crippen LogP contribution in [0.25, 0.3) is 0 Å². The van der Waals surface area contributed by atoms with Gasteiger partial charge in [0.1, 0.15) is 0 Å². The molecular weight excluding hydrogens is 326 g/mol. The van der Waals surface area contributed by atoms with Crippen molar-refractivity contribution >= 4 is 11.8 Å². The number of hydrogen-bond donors (Lipinski definition) is 2. The van der Waals surface area contributed by atoms with E-state index in [2.05, 4.69) is 31.3 Å². The van der Waals surface area contributed by atoms with Crippen LogP contribution >= 0.6 is 0 Å². The molecular formula is C21H27N3O2. The Labute approximate surface area is 155 Å². The highest BCUT2D eigenvalue weighted by molar-refractivity contribution is 5.99. The van der Waals surface area contributed by atoms with Crippen molar-refractivity contribution in [3.8, 4) is 0 Å². The summed E-state index contributed by atoms with van der Waals surface area (Å²) in [5.74, 6) is 0.0892. The second-order valence-corrected chi connectivity index (χ2v) is 6.92. The van der Waals surface area contributed by atoms with Gasteiger partial charge in [0.05, 0.1) is 0 Å². The zero-order valence-electron chi connectivity index (χ0n) is 15.8. The standard InChI is InChI=1S/C21H27N3O2/c1-14(2)15-8-10-16(11-9-15)19(22)13-23-20(25)17-6-5-7-18(12-17)21(26)24(3)4/h5-12,14,19H,13,22H2,1-4H3,(H,23,25). The predicted molar refractivity (Wildman–Crippen MR) is 104 cm³/mol. The molecule has 5 heteroatoms. The van der Waals surface area contributed by atoms with Crippen molar-refractivity contribution in [3.05, 3.63) is 70.8 Å². The number of benzene rings is 2. The topological polar surface area (TPSA) is 75.4 Å². The Kier molecular flexibility index (Phi) is 6.52. The Morgan fingerprint density at radius 3 is 2.15 bits per heavy atom. The molecule has 1 unspecified atom stereocenters. The fourth-order valence-corrected chi connectivity index (χ4v) is 2.60. The van der Waals surface area contributed by atoms with E-state index < -0.39 is 0 Å². The molecule has 0 saturated carbocycles. The van der Waals surface area contributed by atoms with E-state index in [-0.39, 0.29) is 17.9 Å². The van der Waals surface area contributed by atoms with Crippen molar-refractivity contribution in [1.82, 2.24) is 10.2 Å². The zero-order valence-corrected chi connectivity index (χ0v) is 15.8. The molecule has 0 radical (unpaired) electrons. The number of nitrogens with zero attached hydrogens (tertiary/aromatic N) is 1. The Balaban J connectivity index is 1.99. The molecule has 3 N–H and O–H groups in total. The summed E-state index contributed by atoms with van der Waals surface area (Å²) in [4.78, 5) is 25.9. The van der Waals surface area contributed by atoms with E-state index in [4.69, 9.17) is 5.73 Å². The fourth-order valence-electron chi connectivity index (χ4n) is 2.60. The lowest BCUT2D eigenvalue weighted by Gasteiger charge is -2.15. The third-order valence-corrected chi connectivity index (χ3v) is 4.29. The molecule has 5 nitrogen and oxygen atoms in total. The summed E-state index contributed by atoms with van der Waals surface area (Å²) in [6.45, 7) is 4.61. The van der Waals surface area contributed by atoms with Crippen LogP contribution in [0.1, 0.15) is 57.7 Å². The van der Waals surface area contributed by atoms with Gasteiger partial charge in [0.2, 0.25) is 0 Å². The van der Waals surface area contributed by atoms with E-state index in [0.717, 1.165) is 5.56 Å². The Bertz CT molecular complexity index is 767. The molecule has 26 heavy (non-hydrogen) atoms. The molecule has 0 spiro atoms. The average Bonchev–Trinajstić information content (AvgIpc) is 2.65. The second kappa shape index (κ2) is 8.63. The lowest BCUT2D eigenvalue weighted by Crippen LogP contribution is -2.32. The summed E-state index contributed by atoms with van der Waals surface area (Å²) in [5.41, 5.74) is 9.35. The highest BCUT2D eigenvalue weighted by atomic mass is 16.2. The summed E-state index contributed by atoms with van der Waals surface area (Å²) in [6.07, 6.45) is 0. The third kappa shape index (κ3) is 4.92. The minimum absolute atomic E-state index is 0.137. The van der Waals surface area contributed by atoms with E-state index in [1.807, 2.05) is 12.1 Å². The van der Waals surface area contributed by atoms with Crippen molar-refractivity contribution < 1.29 is 9.59 Å². The monoisotopic (exact) mass is 353 g/mol. The molecule has 2 rings (SSSR count). The molecule has 0 bridgehead atoms. The van der Waals surface area contributed by atoms with Gasteiger partial charge in [-0.3, -0.25) is 9.59 Å². The van der Waals surface area contributed by atoms with Gasteiger partial charge in [-0.2, -0.15) is 0 Å². The SMILES string of the molecule is CC(C)c1ccc(C(N)CNC(=O)c2cccc(C(=O)N(C)C)c2)cc1. The average molecular weight is 353 g/mol. The van der Waals surface area contributed by atoms with Gasteiger partial charge in [-0.15, -0.1) is 0 Å². The van der Waals surface area contributed by atoms with Crippen LogP contribution in [0.2, 0.25) is 0 Å². The van der Waals surface area contributed by atoms with Crippen LogP contribution in [-0.2, 0) is 0 Å². The van der Waals surface area contributed by atoms with E-state index >= 15 is 0 Å². The van der Waals surface area contributed by atoms with Crippen molar-refractivity contribution in [2.45, 2.75) is 25.8 Å². The molecule has 2 amide bonds. The van der Waals surface area contributed by atoms with Crippen molar-refractivity contribution in [3.63, 3.8) is 0 Å². The summed E-state index contributed by atoms with van der Waals surface area (Å²) in [5, 5.41) is 2.84. The maximum atomic E-state index is 12.4. The summed E-state index contributed by atoms with van der Waals surface area (Å²) in [6, 6.07) is 14.5. The molecule has 2 aromatic rings. The van der Waals surface area contributed by atoms with Gasteiger partial charge in [0, 0.05) is 37.8 Å². The molecule has 1 atom stereocenters. The lowest BCUT2D eigenvalue weighted by atomic mass is 9.99. The highest BCUT2D eigenvalue weighted by Gasteiger charge is 2.13. The molecule has 0 heterocycles. The van der Waals surface area contributed by atoms with Gasteiger partial charge in [0.15, 0.2) is 0 Å². The summed E-state index contributed by atoms with van der Waals surface area (Å²) < 4.78 is 0. The zero-order chi connectivity index (χ0) is 19.3. The molecule has 2 aromatic carbocycles. The molecule has 0 aromatic heterocycles. The lowest BCUT2D eigenvalue weighted by molar-refractivity contribution is 0.0827. The quantitative estimate of drug-likeness (QED) is 0.838. The van der Waals surface area contributed by atoms with Crippen LogP contribution in [0.3, 0.4) is 0 Å². The number of hydrogen-bond acceptors (Lipinski definition) is 3. The smallest absolute Gasteiger partial charge is 0.253 e. The summed E-state index contributed by atoms with van der Waals surface area (Å²) in [7, 11) is 3.36. The first kappa shape index (κ1) is 19.7. The van der Waals surface area contributed by atoms with Crippen LogP contribution in [-0.4, -0.2) is 37.4 Å². The Morgan fingerprint density at radius 2 is 1.58 bits per heavy atom. The molecule has 0 fully saturated rings. The molecule has 0 saturated heterocycles. The molecule has 0 aliphatic heterocycles. The molecule has 138 valence electrons.